The van der Waals surface area contributed by atoms with Crippen molar-refractivity contribution in [1.82, 2.24) is 10.6 Å². The molecule has 0 saturated carbocycles. The minimum atomic E-state index is -0.205. The minimum Gasteiger partial charge on any atom is -0.394 e. The summed E-state index contributed by atoms with van der Waals surface area (Å²) in [5.41, 5.74) is 1.49. The summed E-state index contributed by atoms with van der Waals surface area (Å²) < 4.78 is 13.5. The molecule has 4 nitrogen and oxygen atoms in total. The third-order valence-corrected chi connectivity index (χ3v) is 2.76. The number of hydrogen-bond acceptors (Lipinski definition) is 2. The minimum absolute atomic E-state index is 0. The summed E-state index contributed by atoms with van der Waals surface area (Å²) in [5, 5.41) is 15.0. The molecule has 0 heterocycles. The number of nitrogens with zero attached hydrogens (tertiary/aromatic N) is 1. The van der Waals surface area contributed by atoms with E-state index < -0.39 is 0 Å². The van der Waals surface area contributed by atoms with Crippen molar-refractivity contribution in [1.29, 1.82) is 0 Å². The maximum absolute atomic E-state index is 13.5. The lowest BCUT2D eigenvalue weighted by molar-refractivity contribution is 0.306. The fourth-order valence-electron chi connectivity index (χ4n) is 1.65. The van der Waals surface area contributed by atoms with Gasteiger partial charge >= 0.3 is 0 Å². The van der Waals surface area contributed by atoms with Crippen LogP contribution in [0.3, 0.4) is 0 Å². The maximum atomic E-state index is 13.5. The van der Waals surface area contributed by atoms with E-state index in [0.717, 1.165) is 12.1 Å². The number of aliphatic hydroxyl groups is 1. The molecule has 6 heteroatoms. The van der Waals surface area contributed by atoms with Crippen LogP contribution in [0.4, 0.5) is 4.39 Å². The van der Waals surface area contributed by atoms with Gasteiger partial charge in [-0.25, -0.2) is 4.39 Å². The molecule has 0 spiro atoms. The Morgan fingerprint density at radius 2 is 2.15 bits per heavy atom. The van der Waals surface area contributed by atoms with Gasteiger partial charge in [-0.2, -0.15) is 0 Å². The molecule has 0 aromatic heterocycles. The Morgan fingerprint density at radius 1 is 1.45 bits per heavy atom. The molecule has 1 aromatic carbocycles. The van der Waals surface area contributed by atoms with Gasteiger partial charge in [-0.1, -0.05) is 12.1 Å². The molecule has 0 fully saturated rings. The average Bonchev–Trinajstić information content (AvgIpc) is 2.39. The van der Waals surface area contributed by atoms with Crippen LogP contribution in [0.5, 0.6) is 0 Å². The highest BCUT2D eigenvalue weighted by atomic mass is 127. The van der Waals surface area contributed by atoms with E-state index in [1.54, 1.807) is 13.0 Å². The topological polar surface area (TPSA) is 56.7 Å². The molecule has 1 atom stereocenters. The number of rotatable bonds is 5. The highest BCUT2D eigenvalue weighted by Crippen LogP contribution is 2.16. The van der Waals surface area contributed by atoms with Crippen LogP contribution in [0, 0.1) is 12.7 Å². The van der Waals surface area contributed by atoms with E-state index in [1.165, 1.54) is 6.07 Å². The zero-order valence-corrected chi connectivity index (χ0v) is 14.4. The van der Waals surface area contributed by atoms with E-state index in [4.69, 9.17) is 5.11 Å². The SMILES string of the molecule is CCNC(=NCCO)NC(C)c1ccc(C)c(F)c1.I. The van der Waals surface area contributed by atoms with E-state index in [9.17, 15) is 4.39 Å². The molecule has 20 heavy (non-hydrogen) atoms. The van der Waals surface area contributed by atoms with Gasteiger partial charge in [0.2, 0.25) is 0 Å². The van der Waals surface area contributed by atoms with Crippen molar-refractivity contribution in [3.05, 3.63) is 35.1 Å². The Hall–Kier alpha value is -0.890. The molecule has 0 amide bonds. The number of hydrogen-bond donors (Lipinski definition) is 3. The first-order chi connectivity index (χ1) is 9.08. The molecule has 0 radical (unpaired) electrons. The summed E-state index contributed by atoms with van der Waals surface area (Å²) in [7, 11) is 0. The smallest absolute Gasteiger partial charge is 0.191 e. The van der Waals surface area contributed by atoms with Gasteiger partial charge in [-0.3, -0.25) is 4.99 Å². The Morgan fingerprint density at radius 3 is 2.70 bits per heavy atom. The number of benzene rings is 1. The fraction of sp³-hybridized carbons (Fsp3) is 0.500. The quantitative estimate of drug-likeness (QED) is 0.408. The molecule has 0 aliphatic carbocycles. The van der Waals surface area contributed by atoms with Crippen molar-refractivity contribution in [2.24, 2.45) is 4.99 Å². The predicted octanol–water partition coefficient (Wildman–Crippen LogP) is 2.36. The molecular weight excluding hydrogens is 372 g/mol. The van der Waals surface area contributed by atoms with Crippen LogP contribution in [0.2, 0.25) is 0 Å². The summed E-state index contributed by atoms with van der Waals surface area (Å²) in [6.07, 6.45) is 0. The molecule has 114 valence electrons. The van der Waals surface area contributed by atoms with E-state index in [0.29, 0.717) is 18.1 Å². The van der Waals surface area contributed by atoms with E-state index >= 15 is 0 Å². The number of nitrogens with one attached hydrogen (secondary N) is 2. The van der Waals surface area contributed by atoms with Crippen molar-refractivity contribution in [2.75, 3.05) is 19.7 Å². The standard InChI is InChI=1S/C14H22FN3O.HI/c1-4-16-14(17-7-8-19)18-11(3)12-6-5-10(2)13(15)9-12;/h5-6,9,11,19H,4,7-8H2,1-3H3,(H2,16,17,18);1H. The number of aliphatic imine (C=N–C) groups is 1. The summed E-state index contributed by atoms with van der Waals surface area (Å²) in [6, 6.07) is 5.13. The second-order valence-electron chi connectivity index (χ2n) is 4.36. The average molecular weight is 395 g/mol. The van der Waals surface area contributed by atoms with Gasteiger partial charge in [0.15, 0.2) is 5.96 Å². The van der Waals surface area contributed by atoms with Crippen LogP contribution in [0.1, 0.15) is 31.0 Å². The van der Waals surface area contributed by atoms with Crippen molar-refractivity contribution in [2.45, 2.75) is 26.8 Å². The normalized spacial score (nSPS) is 12.6. The first-order valence-electron chi connectivity index (χ1n) is 6.50. The van der Waals surface area contributed by atoms with Crippen LogP contribution in [-0.4, -0.2) is 30.8 Å². The van der Waals surface area contributed by atoms with Gasteiger partial charge in [-0.05, 0) is 38.0 Å². The van der Waals surface area contributed by atoms with Gasteiger partial charge in [0.1, 0.15) is 5.82 Å². The number of aryl methyl sites for hydroxylation is 1. The second-order valence-corrected chi connectivity index (χ2v) is 4.36. The molecule has 0 aliphatic heterocycles. The van der Waals surface area contributed by atoms with Crippen molar-refractivity contribution >= 4 is 29.9 Å². The van der Waals surface area contributed by atoms with Crippen molar-refractivity contribution in [3.63, 3.8) is 0 Å². The van der Waals surface area contributed by atoms with Crippen molar-refractivity contribution in [3.8, 4) is 0 Å². The Balaban J connectivity index is 0.00000361. The molecule has 1 rings (SSSR count). The third-order valence-electron chi connectivity index (χ3n) is 2.76. The van der Waals surface area contributed by atoms with Crippen LogP contribution in [0.15, 0.2) is 23.2 Å². The Bertz CT molecular complexity index is 440. The predicted molar refractivity (Wildman–Crippen MR) is 91.2 cm³/mol. The summed E-state index contributed by atoms with van der Waals surface area (Å²) >= 11 is 0. The molecule has 1 aromatic rings. The van der Waals surface area contributed by atoms with Gasteiger partial charge in [-0.15, -0.1) is 24.0 Å². The van der Waals surface area contributed by atoms with Crippen LogP contribution in [-0.2, 0) is 0 Å². The lowest BCUT2D eigenvalue weighted by Gasteiger charge is -2.18. The first kappa shape index (κ1) is 19.1. The van der Waals surface area contributed by atoms with Crippen molar-refractivity contribution < 1.29 is 9.50 Å². The number of guanidine groups is 1. The maximum Gasteiger partial charge on any atom is 0.191 e. The van der Waals surface area contributed by atoms with Gasteiger partial charge in [0.05, 0.1) is 19.2 Å². The van der Waals surface area contributed by atoms with Crippen LogP contribution in [0.25, 0.3) is 0 Å². The molecule has 1 unspecified atom stereocenters. The lowest BCUT2D eigenvalue weighted by Crippen LogP contribution is -2.39. The fourth-order valence-corrected chi connectivity index (χ4v) is 1.65. The zero-order chi connectivity index (χ0) is 14.3. The van der Waals surface area contributed by atoms with Gasteiger partial charge in [0, 0.05) is 6.54 Å². The summed E-state index contributed by atoms with van der Waals surface area (Å²) in [4.78, 5) is 4.19. The Labute approximate surface area is 136 Å². The molecule has 0 aliphatic rings. The van der Waals surface area contributed by atoms with Gasteiger partial charge in [0.25, 0.3) is 0 Å². The molecule has 3 N–H and O–H groups in total. The zero-order valence-electron chi connectivity index (χ0n) is 12.1. The molecule has 0 bridgehead atoms. The third kappa shape index (κ3) is 6.04. The monoisotopic (exact) mass is 395 g/mol. The highest BCUT2D eigenvalue weighted by molar-refractivity contribution is 14.0. The largest absolute Gasteiger partial charge is 0.394 e. The second kappa shape index (κ2) is 9.93. The highest BCUT2D eigenvalue weighted by Gasteiger charge is 2.09. The molecule has 0 saturated heterocycles. The summed E-state index contributed by atoms with van der Waals surface area (Å²) in [6.45, 7) is 6.72. The van der Waals surface area contributed by atoms with Gasteiger partial charge < -0.3 is 15.7 Å². The van der Waals surface area contributed by atoms with E-state index in [2.05, 4.69) is 15.6 Å². The lowest BCUT2D eigenvalue weighted by atomic mass is 10.1. The summed E-state index contributed by atoms with van der Waals surface area (Å²) in [5.74, 6) is 0.411. The Kier molecular flexibility index (Phi) is 9.49. The van der Waals surface area contributed by atoms with Crippen LogP contribution < -0.4 is 10.6 Å². The van der Waals surface area contributed by atoms with E-state index in [-0.39, 0.29) is 42.4 Å². The first-order valence-corrected chi connectivity index (χ1v) is 6.50. The van der Waals surface area contributed by atoms with E-state index in [1.807, 2.05) is 19.9 Å². The number of aliphatic hydroxyl groups excluding tert-OH is 1. The molecular formula is C14H23FIN3O. The van der Waals surface area contributed by atoms with Crippen LogP contribution >= 0.6 is 24.0 Å². The number of halogens is 2.